The quantitative estimate of drug-likeness (QED) is 0.788. The summed E-state index contributed by atoms with van der Waals surface area (Å²) in [5, 5.41) is 13.8. The molecule has 1 heterocycles. The molecule has 0 saturated heterocycles. The van der Waals surface area contributed by atoms with Crippen molar-refractivity contribution in [1.29, 1.82) is 0 Å². The summed E-state index contributed by atoms with van der Waals surface area (Å²) in [4.78, 5) is 0. The van der Waals surface area contributed by atoms with Crippen molar-refractivity contribution < 1.29 is 0 Å². The van der Waals surface area contributed by atoms with Crippen molar-refractivity contribution in [2.75, 3.05) is 11.9 Å². The summed E-state index contributed by atoms with van der Waals surface area (Å²) in [7, 11) is 0. The molecule has 0 spiro atoms. The highest BCUT2D eigenvalue weighted by molar-refractivity contribution is 6.34. The third kappa shape index (κ3) is 2.73. The zero-order valence-electron chi connectivity index (χ0n) is 10.9. The molecule has 0 amide bonds. The number of benzene rings is 2. The number of hydrogen-bond donors (Lipinski definition) is 1. The Hall–Kier alpha value is -2.13. The molecule has 3 rings (SSSR count). The van der Waals surface area contributed by atoms with Crippen molar-refractivity contribution in [3.63, 3.8) is 0 Å². The molecule has 0 aliphatic heterocycles. The largest absolute Gasteiger partial charge is 0.368 e. The molecule has 0 aliphatic rings. The van der Waals surface area contributed by atoms with Crippen molar-refractivity contribution in [2.45, 2.75) is 6.42 Å². The molecule has 0 atom stereocenters. The minimum Gasteiger partial charge on any atom is -0.368 e. The van der Waals surface area contributed by atoms with Gasteiger partial charge < -0.3 is 5.32 Å². The average molecular weight is 284 g/mol. The monoisotopic (exact) mass is 283 g/mol. The van der Waals surface area contributed by atoms with Gasteiger partial charge in [0.2, 0.25) is 0 Å². The molecule has 4 heteroatoms. The fourth-order valence-electron chi connectivity index (χ4n) is 2.17. The molecule has 0 fully saturated rings. The fraction of sp³-hybridized carbons (Fsp3) is 0.125. The Morgan fingerprint density at radius 1 is 0.850 bits per heavy atom. The topological polar surface area (TPSA) is 37.8 Å². The minimum atomic E-state index is 0.439. The Kier molecular flexibility index (Phi) is 3.79. The second kappa shape index (κ2) is 5.88. The highest BCUT2D eigenvalue weighted by Crippen LogP contribution is 2.25. The van der Waals surface area contributed by atoms with Crippen LogP contribution >= 0.6 is 11.6 Å². The van der Waals surface area contributed by atoms with Gasteiger partial charge in [0.15, 0.2) is 11.0 Å². The molecule has 0 aliphatic carbocycles. The highest BCUT2D eigenvalue weighted by Gasteiger charge is 2.06. The van der Waals surface area contributed by atoms with Crippen LogP contribution in [0.15, 0.2) is 54.6 Å². The van der Waals surface area contributed by atoms with E-state index in [0.717, 1.165) is 29.6 Å². The molecule has 0 bridgehead atoms. The Labute approximate surface area is 122 Å². The Balaban J connectivity index is 1.77. The summed E-state index contributed by atoms with van der Waals surface area (Å²) in [5.74, 6) is 0.779. The lowest BCUT2D eigenvalue weighted by molar-refractivity contribution is 0.977. The van der Waals surface area contributed by atoms with E-state index >= 15 is 0 Å². The maximum atomic E-state index is 6.06. The van der Waals surface area contributed by atoms with E-state index in [1.807, 2.05) is 42.5 Å². The first-order chi connectivity index (χ1) is 9.84. The molecular weight excluding hydrogens is 270 g/mol. The van der Waals surface area contributed by atoms with E-state index in [1.165, 1.54) is 5.56 Å². The first kappa shape index (κ1) is 12.9. The number of nitrogens with one attached hydrogen (secondary N) is 1. The minimum absolute atomic E-state index is 0.439. The van der Waals surface area contributed by atoms with E-state index in [1.54, 1.807) is 0 Å². The lowest BCUT2D eigenvalue weighted by Crippen LogP contribution is -2.07. The van der Waals surface area contributed by atoms with Crippen LogP contribution in [0.3, 0.4) is 0 Å². The molecule has 1 N–H and O–H groups in total. The van der Waals surface area contributed by atoms with Gasteiger partial charge in [-0.25, -0.2) is 0 Å². The summed E-state index contributed by atoms with van der Waals surface area (Å²) in [6, 6.07) is 18.2. The van der Waals surface area contributed by atoms with Gasteiger partial charge in [0.05, 0.1) is 0 Å². The predicted octanol–water partition coefficient (Wildman–Crippen LogP) is 3.94. The molecule has 2 aromatic carbocycles. The standard InChI is InChI=1S/C16H14ClN3/c17-15-13-8-4-5-9-14(13)16(20-19-15)18-11-10-12-6-2-1-3-7-12/h1-9H,10-11H2,(H,18,20). The van der Waals surface area contributed by atoms with Crippen LogP contribution in [0.5, 0.6) is 0 Å². The zero-order valence-corrected chi connectivity index (χ0v) is 11.6. The van der Waals surface area contributed by atoms with Crippen molar-refractivity contribution in [3.05, 3.63) is 65.3 Å². The van der Waals surface area contributed by atoms with Crippen molar-refractivity contribution in [1.82, 2.24) is 10.2 Å². The predicted molar refractivity (Wildman–Crippen MR) is 83.2 cm³/mol. The summed E-state index contributed by atoms with van der Waals surface area (Å²) in [6.45, 7) is 0.810. The number of hydrogen-bond acceptors (Lipinski definition) is 3. The molecule has 20 heavy (non-hydrogen) atoms. The van der Waals surface area contributed by atoms with Crippen LogP contribution in [-0.4, -0.2) is 16.7 Å². The van der Waals surface area contributed by atoms with Crippen LogP contribution in [-0.2, 0) is 6.42 Å². The average Bonchev–Trinajstić information content (AvgIpc) is 2.51. The van der Waals surface area contributed by atoms with Gasteiger partial charge in [-0.3, -0.25) is 0 Å². The molecule has 0 unspecified atom stereocenters. The number of anilines is 1. The van der Waals surface area contributed by atoms with Crippen LogP contribution in [0.2, 0.25) is 5.15 Å². The van der Waals surface area contributed by atoms with Gasteiger partial charge in [-0.05, 0) is 12.0 Å². The summed E-state index contributed by atoms with van der Waals surface area (Å²) < 4.78 is 0. The van der Waals surface area contributed by atoms with Gasteiger partial charge in [0.25, 0.3) is 0 Å². The Morgan fingerprint density at radius 2 is 1.55 bits per heavy atom. The Bertz CT molecular complexity index is 713. The Morgan fingerprint density at radius 3 is 2.35 bits per heavy atom. The number of halogens is 1. The molecule has 1 aromatic heterocycles. The van der Waals surface area contributed by atoms with E-state index in [4.69, 9.17) is 11.6 Å². The highest BCUT2D eigenvalue weighted by atomic mass is 35.5. The van der Waals surface area contributed by atoms with Crippen molar-refractivity contribution >= 4 is 28.2 Å². The zero-order chi connectivity index (χ0) is 13.8. The van der Waals surface area contributed by atoms with E-state index < -0.39 is 0 Å². The second-order valence-electron chi connectivity index (χ2n) is 4.55. The van der Waals surface area contributed by atoms with Gasteiger partial charge in [-0.15, -0.1) is 10.2 Å². The lowest BCUT2D eigenvalue weighted by atomic mass is 10.1. The van der Waals surface area contributed by atoms with Crippen LogP contribution in [0.1, 0.15) is 5.56 Å². The van der Waals surface area contributed by atoms with Crippen LogP contribution < -0.4 is 5.32 Å². The van der Waals surface area contributed by atoms with Gasteiger partial charge in [0.1, 0.15) is 0 Å². The van der Waals surface area contributed by atoms with Gasteiger partial charge in [-0.1, -0.05) is 66.2 Å². The summed E-state index contributed by atoms with van der Waals surface area (Å²) in [6.07, 6.45) is 0.944. The van der Waals surface area contributed by atoms with Crippen LogP contribution in [0.4, 0.5) is 5.82 Å². The number of fused-ring (bicyclic) bond motifs is 1. The lowest BCUT2D eigenvalue weighted by Gasteiger charge is -2.08. The molecule has 100 valence electrons. The first-order valence-corrected chi connectivity index (χ1v) is 6.91. The molecular formula is C16H14ClN3. The second-order valence-corrected chi connectivity index (χ2v) is 4.91. The normalized spacial score (nSPS) is 10.7. The van der Waals surface area contributed by atoms with E-state index in [0.29, 0.717) is 5.15 Å². The third-order valence-electron chi connectivity index (χ3n) is 3.19. The van der Waals surface area contributed by atoms with Crippen molar-refractivity contribution in [3.8, 4) is 0 Å². The molecule has 0 saturated carbocycles. The molecule has 3 nitrogen and oxygen atoms in total. The molecule has 3 aromatic rings. The summed E-state index contributed by atoms with van der Waals surface area (Å²) >= 11 is 6.06. The van der Waals surface area contributed by atoms with E-state index in [9.17, 15) is 0 Å². The van der Waals surface area contributed by atoms with E-state index in [2.05, 4.69) is 27.6 Å². The van der Waals surface area contributed by atoms with Crippen LogP contribution in [0, 0.1) is 0 Å². The molecule has 0 radical (unpaired) electrons. The van der Waals surface area contributed by atoms with E-state index in [-0.39, 0.29) is 0 Å². The number of aromatic nitrogens is 2. The van der Waals surface area contributed by atoms with Crippen molar-refractivity contribution in [2.24, 2.45) is 0 Å². The fourth-order valence-corrected chi connectivity index (χ4v) is 2.37. The van der Waals surface area contributed by atoms with Crippen LogP contribution in [0.25, 0.3) is 10.8 Å². The number of nitrogens with zero attached hydrogens (tertiary/aromatic N) is 2. The maximum Gasteiger partial charge on any atom is 0.159 e. The maximum absolute atomic E-state index is 6.06. The van der Waals surface area contributed by atoms with Gasteiger partial charge >= 0.3 is 0 Å². The van der Waals surface area contributed by atoms with Gasteiger partial charge in [-0.2, -0.15) is 0 Å². The smallest absolute Gasteiger partial charge is 0.159 e. The number of rotatable bonds is 4. The first-order valence-electron chi connectivity index (χ1n) is 6.53. The third-order valence-corrected chi connectivity index (χ3v) is 3.47. The van der Waals surface area contributed by atoms with Gasteiger partial charge in [0, 0.05) is 17.3 Å². The summed E-state index contributed by atoms with van der Waals surface area (Å²) in [5.41, 5.74) is 1.30. The SMILES string of the molecule is Clc1nnc(NCCc2ccccc2)c2ccccc12.